The largest absolute Gasteiger partial charge is 0.374 e. The van der Waals surface area contributed by atoms with Crippen molar-refractivity contribution in [2.45, 2.75) is 57.1 Å². The van der Waals surface area contributed by atoms with Crippen molar-refractivity contribution in [3.63, 3.8) is 0 Å². The molecule has 6 heteroatoms. The van der Waals surface area contributed by atoms with Gasteiger partial charge in [-0.25, -0.2) is 0 Å². The van der Waals surface area contributed by atoms with Crippen molar-refractivity contribution in [1.29, 1.82) is 0 Å². The SMILES string of the molecule is CNCCC1CCN(CC(=O)N2CCOC3CCCCC32)CC1.Cl. The maximum atomic E-state index is 12.8. The lowest BCUT2D eigenvalue weighted by Gasteiger charge is -2.44. The zero-order valence-electron chi connectivity index (χ0n) is 15.0. The van der Waals surface area contributed by atoms with Gasteiger partial charge in [0.2, 0.25) is 5.91 Å². The molecule has 0 aromatic carbocycles. The van der Waals surface area contributed by atoms with Crippen LogP contribution in [0.1, 0.15) is 44.9 Å². The third kappa shape index (κ3) is 5.07. The number of nitrogens with one attached hydrogen (secondary N) is 1. The quantitative estimate of drug-likeness (QED) is 0.814. The van der Waals surface area contributed by atoms with E-state index in [0.717, 1.165) is 51.5 Å². The Morgan fingerprint density at radius 2 is 1.88 bits per heavy atom. The van der Waals surface area contributed by atoms with E-state index in [2.05, 4.69) is 15.1 Å². The van der Waals surface area contributed by atoms with Crippen molar-refractivity contribution in [3.8, 4) is 0 Å². The van der Waals surface area contributed by atoms with E-state index in [9.17, 15) is 4.79 Å². The Labute approximate surface area is 152 Å². The number of ether oxygens (including phenoxy) is 1. The summed E-state index contributed by atoms with van der Waals surface area (Å²) in [5.74, 6) is 1.17. The van der Waals surface area contributed by atoms with Gasteiger partial charge in [-0.15, -0.1) is 12.4 Å². The molecule has 0 spiro atoms. The molecule has 2 atom stereocenters. The molecule has 1 aliphatic carbocycles. The third-order valence-corrected chi connectivity index (χ3v) is 5.92. The highest BCUT2D eigenvalue weighted by Gasteiger charge is 2.37. The molecule has 2 aliphatic heterocycles. The Kier molecular flexibility index (Phi) is 8.28. The van der Waals surface area contributed by atoms with E-state index in [-0.39, 0.29) is 12.4 Å². The van der Waals surface area contributed by atoms with Crippen molar-refractivity contribution in [1.82, 2.24) is 15.1 Å². The van der Waals surface area contributed by atoms with Crippen LogP contribution in [0.3, 0.4) is 0 Å². The summed E-state index contributed by atoms with van der Waals surface area (Å²) in [7, 11) is 2.02. The molecule has 3 aliphatic rings. The fourth-order valence-electron chi connectivity index (χ4n) is 4.47. The standard InChI is InChI=1S/C18H33N3O2.ClH/c1-19-9-6-15-7-10-20(11-8-15)14-18(22)21-12-13-23-17-5-3-2-4-16(17)21;/h15-17,19H,2-14H2,1H3;1H. The van der Waals surface area contributed by atoms with Crippen LogP contribution in [0.25, 0.3) is 0 Å². The second-order valence-corrected chi connectivity index (χ2v) is 7.46. The molecule has 3 rings (SSSR count). The maximum absolute atomic E-state index is 12.8. The van der Waals surface area contributed by atoms with Gasteiger partial charge in [0.05, 0.1) is 25.3 Å². The van der Waals surface area contributed by atoms with Gasteiger partial charge in [0.25, 0.3) is 0 Å². The Balaban J connectivity index is 0.00000208. The number of amides is 1. The summed E-state index contributed by atoms with van der Waals surface area (Å²) < 4.78 is 5.89. The molecule has 1 N–H and O–H groups in total. The number of carbonyl (C=O) groups excluding carboxylic acids is 1. The Bertz CT molecular complexity index is 386. The predicted octanol–water partition coefficient (Wildman–Crippen LogP) is 1.90. The fraction of sp³-hybridized carbons (Fsp3) is 0.944. The van der Waals surface area contributed by atoms with Crippen molar-refractivity contribution in [2.75, 3.05) is 46.4 Å². The van der Waals surface area contributed by atoms with E-state index in [4.69, 9.17) is 4.74 Å². The maximum Gasteiger partial charge on any atom is 0.237 e. The predicted molar refractivity (Wildman–Crippen MR) is 98.7 cm³/mol. The van der Waals surface area contributed by atoms with Crippen LogP contribution in [0.15, 0.2) is 0 Å². The summed E-state index contributed by atoms with van der Waals surface area (Å²) in [6, 6.07) is 0.346. The number of nitrogens with zero attached hydrogens (tertiary/aromatic N) is 2. The lowest BCUT2D eigenvalue weighted by atomic mass is 9.90. The van der Waals surface area contributed by atoms with Gasteiger partial charge in [0.15, 0.2) is 0 Å². The molecule has 2 unspecified atom stereocenters. The van der Waals surface area contributed by atoms with Gasteiger partial charge in [-0.3, -0.25) is 9.69 Å². The molecular weight excluding hydrogens is 326 g/mol. The molecule has 0 aromatic heterocycles. The normalized spacial score (nSPS) is 29.0. The zero-order chi connectivity index (χ0) is 16.1. The first-order chi connectivity index (χ1) is 11.3. The Hall–Kier alpha value is -0.360. The van der Waals surface area contributed by atoms with Crippen molar-refractivity contribution >= 4 is 18.3 Å². The molecule has 1 saturated carbocycles. The number of hydrogen-bond acceptors (Lipinski definition) is 4. The number of hydrogen-bond donors (Lipinski definition) is 1. The van der Waals surface area contributed by atoms with Crippen LogP contribution >= 0.6 is 12.4 Å². The molecule has 24 heavy (non-hydrogen) atoms. The minimum Gasteiger partial charge on any atom is -0.374 e. The topological polar surface area (TPSA) is 44.8 Å². The van der Waals surface area contributed by atoms with Gasteiger partial charge in [0.1, 0.15) is 0 Å². The Morgan fingerprint density at radius 3 is 2.62 bits per heavy atom. The molecule has 2 saturated heterocycles. The van der Waals surface area contributed by atoms with Gasteiger partial charge in [-0.1, -0.05) is 12.8 Å². The molecule has 0 bridgehead atoms. The first-order valence-corrected chi connectivity index (χ1v) is 9.56. The number of carbonyl (C=O) groups is 1. The average Bonchev–Trinajstić information content (AvgIpc) is 2.60. The summed E-state index contributed by atoms with van der Waals surface area (Å²) in [5.41, 5.74) is 0. The van der Waals surface area contributed by atoms with E-state index < -0.39 is 0 Å². The van der Waals surface area contributed by atoms with E-state index in [1.54, 1.807) is 0 Å². The zero-order valence-corrected chi connectivity index (χ0v) is 15.9. The molecule has 5 nitrogen and oxygen atoms in total. The molecule has 0 radical (unpaired) electrons. The molecule has 2 heterocycles. The first-order valence-electron chi connectivity index (χ1n) is 9.56. The van der Waals surface area contributed by atoms with Crippen molar-refractivity contribution in [2.24, 2.45) is 5.92 Å². The highest BCUT2D eigenvalue weighted by molar-refractivity contribution is 5.85. The van der Waals surface area contributed by atoms with Gasteiger partial charge >= 0.3 is 0 Å². The minimum absolute atomic E-state index is 0. The third-order valence-electron chi connectivity index (χ3n) is 5.92. The van der Waals surface area contributed by atoms with Crippen molar-refractivity contribution in [3.05, 3.63) is 0 Å². The number of piperidine rings is 1. The van der Waals surface area contributed by atoms with Gasteiger partial charge in [0, 0.05) is 6.54 Å². The van der Waals surface area contributed by atoms with Crippen LogP contribution in [0.5, 0.6) is 0 Å². The van der Waals surface area contributed by atoms with Crippen molar-refractivity contribution < 1.29 is 9.53 Å². The highest BCUT2D eigenvalue weighted by Crippen LogP contribution is 2.29. The van der Waals surface area contributed by atoms with Crippen LogP contribution < -0.4 is 5.32 Å². The van der Waals surface area contributed by atoms with Crippen LogP contribution in [0.2, 0.25) is 0 Å². The number of morpholine rings is 1. The highest BCUT2D eigenvalue weighted by atomic mass is 35.5. The summed E-state index contributed by atoms with van der Waals surface area (Å²) >= 11 is 0. The molecule has 1 amide bonds. The molecule has 3 fully saturated rings. The van der Waals surface area contributed by atoms with E-state index in [1.807, 2.05) is 7.05 Å². The molecule has 0 aromatic rings. The molecular formula is C18H34ClN3O2. The molecule has 140 valence electrons. The first kappa shape index (κ1) is 20.0. The summed E-state index contributed by atoms with van der Waals surface area (Å²) in [4.78, 5) is 17.3. The van der Waals surface area contributed by atoms with Crippen LogP contribution in [-0.2, 0) is 9.53 Å². The number of fused-ring (bicyclic) bond motifs is 1. The van der Waals surface area contributed by atoms with E-state index >= 15 is 0 Å². The second-order valence-electron chi connectivity index (χ2n) is 7.46. The van der Waals surface area contributed by atoms with Gasteiger partial charge in [-0.2, -0.15) is 0 Å². The summed E-state index contributed by atoms with van der Waals surface area (Å²) in [6.07, 6.45) is 8.80. The van der Waals surface area contributed by atoms with Gasteiger partial charge < -0.3 is 15.0 Å². The summed E-state index contributed by atoms with van der Waals surface area (Å²) in [6.45, 7) is 5.40. The number of likely N-dealkylation sites (tertiary alicyclic amines) is 1. The number of rotatable bonds is 5. The second kappa shape index (κ2) is 9.95. The summed E-state index contributed by atoms with van der Waals surface area (Å²) in [5, 5.41) is 3.24. The van der Waals surface area contributed by atoms with Crippen LogP contribution in [0, 0.1) is 5.92 Å². The van der Waals surface area contributed by atoms with Crippen LogP contribution in [-0.4, -0.2) is 74.2 Å². The fourth-order valence-corrected chi connectivity index (χ4v) is 4.47. The monoisotopic (exact) mass is 359 g/mol. The van der Waals surface area contributed by atoms with Gasteiger partial charge in [-0.05, 0) is 64.7 Å². The lowest BCUT2D eigenvalue weighted by molar-refractivity contribution is -0.151. The number of halogens is 1. The average molecular weight is 360 g/mol. The minimum atomic E-state index is 0. The van der Waals surface area contributed by atoms with Crippen LogP contribution in [0.4, 0.5) is 0 Å². The lowest BCUT2D eigenvalue weighted by Crippen LogP contribution is -2.57. The van der Waals surface area contributed by atoms with E-state index in [0.29, 0.717) is 24.6 Å². The smallest absolute Gasteiger partial charge is 0.237 e. The van der Waals surface area contributed by atoms with E-state index in [1.165, 1.54) is 32.1 Å². The Morgan fingerprint density at radius 1 is 1.12 bits per heavy atom.